The van der Waals surface area contributed by atoms with Crippen molar-refractivity contribution in [3.05, 3.63) is 77.1 Å². The lowest BCUT2D eigenvalue weighted by molar-refractivity contribution is -0.122. The lowest BCUT2D eigenvalue weighted by atomic mass is 9.91. The zero-order valence-corrected chi connectivity index (χ0v) is 15.8. The van der Waals surface area contributed by atoms with E-state index in [1.54, 1.807) is 12.3 Å². The van der Waals surface area contributed by atoms with E-state index in [0.29, 0.717) is 24.0 Å². The van der Waals surface area contributed by atoms with Gasteiger partial charge in [0.15, 0.2) is 5.69 Å². The molecule has 8 heteroatoms. The fourth-order valence-corrected chi connectivity index (χ4v) is 3.28. The molecule has 3 N–H and O–H groups in total. The minimum Gasteiger partial charge on any atom is -0.483 e. The molecule has 29 heavy (non-hydrogen) atoms. The standard InChI is InChI=1S/C20H21N3O3.CH2O2/c24-20(22-13-16-7-4-10-25-16)19-17-11-15(8-9-18(17)26-23-19)21-12-14-5-2-1-3-6-14;2-1-3/h1-7,10,15,21H,8-9,11-13H2,(H,22,24);1H,(H,2,3). The number of carboxylic acid groups (broad SMARTS) is 1. The second-order valence-electron chi connectivity index (χ2n) is 6.61. The van der Waals surface area contributed by atoms with Crippen LogP contribution in [0.25, 0.3) is 0 Å². The molecule has 1 aromatic carbocycles. The van der Waals surface area contributed by atoms with E-state index in [0.717, 1.165) is 37.1 Å². The molecular weight excluding hydrogens is 374 g/mol. The summed E-state index contributed by atoms with van der Waals surface area (Å²) in [7, 11) is 0. The van der Waals surface area contributed by atoms with Gasteiger partial charge in [-0.3, -0.25) is 9.59 Å². The Hall–Kier alpha value is -3.39. The molecule has 2 aromatic heterocycles. The molecule has 152 valence electrons. The molecule has 1 unspecified atom stereocenters. The zero-order chi connectivity index (χ0) is 20.5. The topological polar surface area (TPSA) is 118 Å². The minimum atomic E-state index is -0.250. The summed E-state index contributed by atoms with van der Waals surface area (Å²) < 4.78 is 10.6. The molecule has 1 atom stereocenters. The minimum absolute atomic E-state index is 0.227. The molecule has 0 fully saturated rings. The van der Waals surface area contributed by atoms with Crippen molar-refractivity contribution in [2.45, 2.75) is 38.4 Å². The second-order valence-corrected chi connectivity index (χ2v) is 6.61. The molecule has 1 amide bonds. The molecule has 0 saturated heterocycles. The first kappa shape index (κ1) is 20.3. The number of nitrogens with zero attached hydrogens (tertiary/aromatic N) is 1. The van der Waals surface area contributed by atoms with Gasteiger partial charge in [0.1, 0.15) is 11.5 Å². The first-order valence-corrected chi connectivity index (χ1v) is 9.34. The Bertz CT molecular complexity index is 906. The quantitative estimate of drug-likeness (QED) is 0.547. The fourth-order valence-electron chi connectivity index (χ4n) is 3.28. The third kappa shape index (κ3) is 5.55. The van der Waals surface area contributed by atoms with Gasteiger partial charge in [-0.2, -0.15) is 0 Å². The number of carbonyl (C=O) groups is 2. The molecule has 1 aliphatic rings. The van der Waals surface area contributed by atoms with Crippen LogP contribution in [0, 0.1) is 0 Å². The van der Waals surface area contributed by atoms with E-state index in [2.05, 4.69) is 27.9 Å². The third-order valence-corrected chi connectivity index (χ3v) is 4.70. The largest absolute Gasteiger partial charge is 0.483 e. The van der Waals surface area contributed by atoms with Crippen LogP contribution < -0.4 is 10.6 Å². The van der Waals surface area contributed by atoms with Crippen molar-refractivity contribution in [2.24, 2.45) is 0 Å². The van der Waals surface area contributed by atoms with Crippen molar-refractivity contribution in [1.82, 2.24) is 15.8 Å². The maximum absolute atomic E-state index is 12.5. The predicted octanol–water partition coefficient (Wildman–Crippen LogP) is 2.55. The van der Waals surface area contributed by atoms with Gasteiger partial charge < -0.3 is 24.7 Å². The van der Waals surface area contributed by atoms with Crippen LogP contribution in [0.15, 0.2) is 57.7 Å². The fraction of sp³-hybridized carbons (Fsp3) is 0.286. The van der Waals surface area contributed by atoms with Gasteiger partial charge in [0.25, 0.3) is 12.4 Å². The monoisotopic (exact) mass is 397 g/mol. The number of rotatable bonds is 6. The highest BCUT2D eigenvalue weighted by Gasteiger charge is 2.28. The molecule has 0 spiro atoms. The average Bonchev–Trinajstić information content (AvgIpc) is 3.41. The highest BCUT2D eigenvalue weighted by molar-refractivity contribution is 5.93. The molecule has 8 nitrogen and oxygen atoms in total. The van der Waals surface area contributed by atoms with Crippen molar-refractivity contribution < 1.29 is 23.6 Å². The number of benzene rings is 1. The molecule has 0 aliphatic heterocycles. The number of aryl methyl sites for hydroxylation is 1. The second kappa shape index (κ2) is 10.2. The summed E-state index contributed by atoms with van der Waals surface area (Å²) in [5, 5.41) is 17.3. The van der Waals surface area contributed by atoms with E-state index >= 15 is 0 Å². The van der Waals surface area contributed by atoms with Gasteiger partial charge in [-0.15, -0.1) is 0 Å². The van der Waals surface area contributed by atoms with E-state index in [1.165, 1.54) is 5.56 Å². The van der Waals surface area contributed by atoms with Gasteiger partial charge in [-0.1, -0.05) is 35.5 Å². The number of furan rings is 1. The summed E-state index contributed by atoms with van der Waals surface area (Å²) in [5.41, 5.74) is 2.55. The van der Waals surface area contributed by atoms with Crippen molar-refractivity contribution >= 4 is 12.4 Å². The van der Waals surface area contributed by atoms with Crippen LogP contribution in [-0.4, -0.2) is 28.7 Å². The number of hydrogen-bond donors (Lipinski definition) is 3. The van der Waals surface area contributed by atoms with Crippen molar-refractivity contribution in [3.63, 3.8) is 0 Å². The Morgan fingerprint density at radius 2 is 2.00 bits per heavy atom. The van der Waals surface area contributed by atoms with Crippen LogP contribution in [0.2, 0.25) is 0 Å². The summed E-state index contributed by atoms with van der Waals surface area (Å²) >= 11 is 0. The average molecular weight is 397 g/mol. The lowest BCUT2D eigenvalue weighted by Crippen LogP contribution is -2.35. The van der Waals surface area contributed by atoms with Crippen LogP contribution in [0.3, 0.4) is 0 Å². The van der Waals surface area contributed by atoms with Gasteiger partial charge in [0, 0.05) is 24.6 Å². The lowest BCUT2D eigenvalue weighted by Gasteiger charge is -2.22. The van der Waals surface area contributed by atoms with E-state index < -0.39 is 0 Å². The summed E-state index contributed by atoms with van der Waals surface area (Å²) in [4.78, 5) is 20.8. The van der Waals surface area contributed by atoms with Gasteiger partial charge >= 0.3 is 0 Å². The highest BCUT2D eigenvalue weighted by Crippen LogP contribution is 2.25. The molecule has 0 bridgehead atoms. The van der Waals surface area contributed by atoms with E-state index in [-0.39, 0.29) is 12.4 Å². The van der Waals surface area contributed by atoms with Gasteiger partial charge in [0.2, 0.25) is 0 Å². The number of hydrogen-bond acceptors (Lipinski definition) is 6. The van der Waals surface area contributed by atoms with Gasteiger partial charge in [-0.25, -0.2) is 0 Å². The van der Waals surface area contributed by atoms with Crippen LogP contribution >= 0.6 is 0 Å². The molecule has 1 aliphatic carbocycles. The van der Waals surface area contributed by atoms with Crippen LogP contribution in [0.5, 0.6) is 0 Å². The maximum atomic E-state index is 12.5. The number of fused-ring (bicyclic) bond motifs is 1. The number of carbonyl (C=O) groups excluding carboxylic acids is 1. The Balaban J connectivity index is 0.000000755. The summed E-state index contributed by atoms with van der Waals surface area (Å²) in [6, 6.07) is 14.2. The SMILES string of the molecule is O=C(NCc1ccco1)c1noc2c1CC(NCc1ccccc1)CC2.O=CO. The van der Waals surface area contributed by atoms with Crippen molar-refractivity contribution in [1.29, 1.82) is 0 Å². The molecular formula is C21H23N3O5. The Morgan fingerprint density at radius 3 is 2.72 bits per heavy atom. The normalized spacial score (nSPS) is 15.0. The number of nitrogens with one attached hydrogen (secondary N) is 2. The van der Waals surface area contributed by atoms with E-state index in [9.17, 15) is 4.79 Å². The number of aromatic nitrogens is 1. The molecule has 3 aromatic rings. The Kier molecular flexibility index (Phi) is 7.18. The number of amides is 1. The first-order valence-electron chi connectivity index (χ1n) is 9.34. The Morgan fingerprint density at radius 1 is 1.21 bits per heavy atom. The Labute approximate surface area is 167 Å². The van der Waals surface area contributed by atoms with Crippen molar-refractivity contribution in [2.75, 3.05) is 0 Å². The zero-order valence-electron chi connectivity index (χ0n) is 15.8. The maximum Gasteiger partial charge on any atom is 0.290 e. The molecule has 2 heterocycles. The highest BCUT2D eigenvalue weighted by atomic mass is 16.5. The van der Waals surface area contributed by atoms with Crippen LogP contribution in [-0.2, 0) is 30.7 Å². The van der Waals surface area contributed by atoms with Crippen LogP contribution in [0.4, 0.5) is 0 Å². The van der Waals surface area contributed by atoms with E-state index in [4.69, 9.17) is 18.8 Å². The molecule has 0 radical (unpaired) electrons. The van der Waals surface area contributed by atoms with Crippen molar-refractivity contribution in [3.8, 4) is 0 Å². The molecule has 0 saturated carbocycles. The first-order chi connectivity index (χ1) is 14.2. The summed E-state index contributed by atoms with van der Waals surface area (Å²) in [5.74, 6) is 1.30. The van der Waals surface area contributed by atoms with Gasteiger partial charge in [0.05, 0.1) is 12.8 Å². The third-order valence-electron chi connectivity index (χ3n) is 4.70. The summed E-state index contributed by atoms with van der Waals surface area (Å²) in [6.45, 7) is 0.898. The van der Waals surface area contributed by atoms with Gasteiger partial charge in [-0.05, 0) is 30.5 Å². The van der Waals surface area contributed by atoms with E-state index in [1.807, 2.05) is 24.3 Å². The predicted molar refractivity (Wildman–Crippen MR) is 104 cm³/mol. The molecule has 4 rings (SSSR count). The van der Waals surface area contributed by atoms with Crippen LogP contribution in [0.1, 0.15) is 39.6 Å². The smallest absolute Gasteiger partial charge is 0.290 e. The summed E-state index contributed by atoms with van der Waals surface area (Å²) in [6.07, 6.45) is 4.10.